The van der Waals surface area contributed by atoms with E-state index in [1.807, 2.05) is 0 Å². The van der Waals surface area contributed by atoms with E-state index in [-0.39, 0.29) is 0 Å². The lowest BCUT2D eigenvalue weighted by Crippen LogP contribution is -2.53. The molecule has 0 aliphatic heterocycles. The fraction of sp³-hybridized carbons (Fsp3) is 1.00. The maximum absolute atomic E-state index is 3.58. The molecule has 0 saturated heterocycles. The van der Waals surface area contributed by atoms with Gasteiger partial charge in [-0.2, -0.15) is 0 Å². The number of hydrogen-bond acceptors (Lipinski definition) is 2. The van der Waals surface area contributed by atoms with Crippen LogP contribution in [0.25, 0.3) is 0 Å². The minimum absolute atomic E-state index is 0.729. The van der Waals surface area contributed by atoms with Crippen LogP contribution in [0.3, 0.4) is 0 Å². The first-order valence-electron chi connectivity index (χ1n) is 8.19. The Morgan fingerprint density at radius 1 is 1.06 bits per heavy atom. The molecule has 2 nitrogen and oxygen atoms in total. The van der Waals surface area contributed by atoms with Crippen molar-refractivity contribution in [2.45, 2.75) is 70.9 Å². The van der Waals surface area contributed by atoms with Crippen molar-refractivity contribution >= 4 is 0 Å². The van der Waals surface area contributed by atoms with Crippen LogP contribution in [0.5, 0.6) is 0 Å². The number of hydrogen-bond donors (Lipinski definition) is 1. The molecule has 0 aromatic carbocycles. The van der Waals surface area contributed by atoms with Gasteiger partial charge in [-0.3, -0.25) is 4.90 Å². The van der Waals surface area contributed by atoms with Gasteiger partial charge in [0.25, 0.3) is 0 Å². The summed E-state index contributed by atoms with van der Waals surface area (Å²) in [6.07, 6.45) is 10.0. The molecule has 0 heterocycles. The lowest BCUT2D eigenvalue weighted by atomic mass is 9.79. The van der Waals surface area contributed by atoms with E-state index in [0.717, 1.165) is 23.9 Å². The smallest absolute Gasteiger partial charge is 0.0251 e. The van der Waals surface area contributed by atoms with Gasteiger partial charge in [0.15, 0.2) is 0 Å². The summed E-state index contributed by atoms with van der Waals surface area (Å²) in [5, 5.41) is 3.58. The van der Waals surface area contributed by atoms with Crippen molar-refractivity contribution in [2.75, 3.05) is 20.1 Å². The first-order chi connectivity index (χ1) is 8.78. The van der Waals surface area contributed by atoms with Crippen LogP contribution in [-0.2, 0) is 0 Å². The third-order valence-electron chi connectivity index (χ3n) is 5.47. The van der Waals surface area contributed by atoms with E-state index in [0.29, 0.717) is 0 Å². The van der Waals surface area contributed by atoms with Gasteiger partial charge in [0.1, 0.15) is 0 Å². The molecule has 2 aliphatic rings. The predicted octanol–water partition coefficient (Wildman–Crippen LogP) is 3.28. The molecule has 3 atom stereocenters. The fourth-order valence-electron chi connectivity index (χ4n) is 3.85. The molecule has 1 N–H and O–H groups in total. The number of nitrogens with one attached hydrogen (secondary N) is 1. The molecule has 2 saturated carbocycles. The second-order valence-corrected chi connectivity index (χ2v) is 6.43. The predicted molar refractivity (Wildman–Crippen MR) is 78.9 cm³/mol. The molecule has 2 heteroatoms. The molecule has 2 aliphatic carbocycles. The highest BCUT2D eigenvalue weighted by molar-refractivity contribution is 4.91. The number of rotatable bonds is 6. The van der Waals surface area contributed by atoms with Crippen molar-refractivity contribution in [3.63, 3.8) is 0 Å². The number of nitrogens with zero attached hydrogens (tertiary/aromatic N) is 1. The molecule has 0 radical (unpaired) electrons. The van der Waals surface area contributed by atoms with Crippen LogP contribution >= 0.6 is 0 Å². The van der Waals surface area contributed by atoms with Crippen LogP contribution in [0.2, 0.25) is 0 Å². The van der Waals surface area contributed by atoms with Crippen molar-refractivity contribution in [1.82, 2.24) is 10.2 Å². The molecule has 0 amide bonds. The maximum atomic E-state index is 3.58. The summed E-state index contributed by atoms with van der Waals surface area (Å²) in [4.78, 5) is 2.78. The summed E-state index contributed by atoms with van der Waals surface area (Å²) in [5.41, 5.74) is 0. The SMILES string of the molecule is CCC1CCC(NC)C(N(CC)CC2CCC2)C1. The van der Waals surface area contributed by atoms with Gasteiger partial charge in [-0.15, -0.1) is 0 Å². The lowest BCUT2D eigenvalue weighted by Gasteiger charge is -2.44. The summed E-state index contributed by atoms with van der Waals surface area (Å²) >= 11 is 0. The molecule has 2 rings (SSSR count). The van der Waals surface area contributed by atoms with Crippen LogP contribution in [0.15, 0.2) is 0 Å². The zero-order valence-electron chi connectivity index (χ0n) is 12.6. The molecule has 18 heavy (non-hydrogen) atoms. The Balaban J connectivity index is 1.94. The number of likely N-dealkylation sites (N-methyl/N-ethyl adjacent to an activating group) is 2. The molecule has 0 spiro atoms. The molecular weight excluding hydrogens is 220 g/mol. The average Bonchev–Trinajstić information content (AvgIpc) is 2.37. The van der Waals surface area contributed by atoms with Gasteiger partial charge in [-0.1, -0.05) is 26.7 Å². The molecule has 2 fully saturated rings. The average molecular weight is 252 g/mol. The van der Waals surface area contributed by atoms with Gasteiger partial charge < -0.3 is 5.32 Å². The van der Waals surface area contributed by atoms with E-state index in [2.05, 4.69) is 31.1 Å². The monoisotopic (exact) mass is 252 g/mol. The van der Waals surface area contributed by atoms with Gasteiger partial charge in [0.2, 0.25) is 0 Å². The Morgan fingerprint density at radius 3 is 2.33 bits per heavy atom. The molecule has 0 aromatic heterocycles. The van der Waals surface area contributed by atoms with Crippen LogP contribution in [0.1, 0.15) is 58.8 Å². The second kappa shape index (κ2) is 6.91. The Bertz CT molecular complexity index is 237. The highest BCUT2D eigenvalue weighted by atomic mass is 15.2. The van der Waals surface area contributed by atoms with Gasteiger partial charge in [-0.05, 0) is 57.5 Å². The summed E-state index contributed by atoms with van der Waals surface area (Å²) in [5.74, 6) is 1.97. The van der Waals surface area contributed by atoms with E-state index in [1.54, 1.807) is 0 Å². The van der Waals surface area contributed by atoms with Crippen molar-refractivity contribution in [2.24, 2.45) is 11.8 Å². The van der Waals surface area contributed by atoms with Crippen LogP contribution in [0, 0.1) is 11.8 Å². The van der Waals surface area contributed by atoms with Crippen LogP contribution < -0.4 is 5.32 Å². The van der Waals surface area contributed by atoms with E-state index in [1.165, 1.54) is 58.0 Å². The highest BCUT2D eigenvalue weighted by Gasteiger charge is 2.33. The normalized spacial score (nSPS) is 33.7. The van der Waals surface area contributed by atoms with Gasteiger partial charge >= 0.3 is 0 Å². The van der Waals surface area contributed by atoms with E-state index in [4.69, 9.17) is 0 Å². The Kier molecular flexibility index (Phi) is 5.50. The van der Waals surface area contributed by atoms with Gasteiger partial charge in [0.05, 0.1) is 0 Å². The molecular formula is C16H32N2. The van der Waals surface area contributed by atoms with Crippen molar-refractivity contribution in [3.8, 4) is 0 Å². The highest BCUT2D eigenvalue weighted by Crippen LogP contribution is 2.33. The van der Waals surface area contributed by atoms with E-state index < -0.39 is 0 Å². The third-order valence-corrected chi connectivity index (χ3v) is 5.47. The van der Waals surface area contributed by atoms with Crippen molar-refractivity contribution in [3.05, 3.63) is 0 Å². The van der Waals surface area contributed by atoms with Gasteiger partial charge in [-0.25, -0.2) is 0 Å². The van der Waals surface area contributed by atoms with Crippen molar-refractivity contribution in [1.29, 1.82) is 0 Å². The summed E-state index contributed by atoms with van der Waals surface area (Å²) in [6.45, 7) is 7.30. The Hall–Kier alpha value is -0.0800. The molecule has 3 unspecified atom stereocenters. The molecule has 0 bridgehead atoms. The van der Waals surface area contributed by atoms with E-state index in [9.17, 15) is 0 Å². The zero-order chi connectivity index (χ0) is 13.0. The lowest BCUT2D eigenvalue weighted by molar-refractivity contribution is 0.0733. The van der Waals surface area contributed by atoms with Gasteiger partial charge in [0, 0.05) is 18.6 Å². The Morgan fingerprint density at radius 2 is 1.83 bits per heavy atom. The summed E-state index contributed by atoms with van der Waals surface area (Å²) in [6, 6.07) is 1.52. The summed E-state index contributed by atoms with van der Waals surface area (Å²) < 4.78 is 0. The first-order valence-corrected chi connectivity index (χ1v) is 8.19. The summed E-state index contributed by atoms with van der Waals surface area (Å²) in [7, 11) is 2.15. The maximum Gasteiger partial charge on any atom is 0.0251 e. The van der Waals surface area contributed by atoms with Crippen LogP contribution in [0.4, 0.5) is 0 Å². The minimum Gasteiger partial charge on any atom is -0.315 e. The van der Waals surface area contributed by atoms with Crippen LogP contribution in [-0.4, -0.2) is 37.1 Å². The zero-order valence-corrected chi connectivity index (χ0v) is 12.6. The fourth-order valence-corrected chi connectivity index (χ4v) is 3.85. The molecule has 0 aromatic rings. The molecule has 106 valence electrons. The van der Waals surface area contributed by atoms with E-state index >= 15 is 0 Å². The first kappa shape index (κ1) is 14.3. The topological polar surface area (TPSA) is 15.3 Å². The largest absolute Gasteiger partial charge is 0.315 e. The van der Waals surface area contributed by atoms with Crippen molar-refractivity contribution < 1.29 is 0 Å². The second-order valence-electron chi connectivity index (χ2n) is 6.43. The quantitative estimate of drug-likeness (QED) is 0.780. The standard InChI is InChI=1S/C16H32N2/c1-4-13-9-10-15(17-3)16(11-13)18(5-2)12-14-7-6-8-14/h13-17H,4-12H2,1-3H3. The third kappa shape index (κ3) is 3.27. The Labute approximate surface area is 114 Å². The minimum atomic E-state index is 0.729.